The first-order chi connectivity index (χ1) is 15.2. The summed E-state index contributed by atoms with van der Waals surface area (Å²) in [5.74, 6) is 1.14. The Kier molecular flexibility index (Phi) is 6.11. The molecule has 0 radical (unpaired) electrons. The summed E-state index contributed by atoms with van der Waals surface area (Å²) in [6.07, 6.45) is 5.19. The van der Waals surface area contributed by atoms with Gasteiger partial charge in [-0.15, -0.1) is 0 Å². The van der Waals surface area contributed by atoms with Gasteiger partial charge < -0.3 is 4.74 Å². The smallest absolute Gasteiger partial charge is 0.123 e. The second-order valence-electron chi connectivity index (χ2n) is 8.69. The molecule has 3 heterocycles. The van der Waals surface area contributed by atoms with E-state index in [4.69, 9.17) is 4.74 Å². The number of benzene rings is 2. The number of nitrogens with zero attached hydrogens (tertiary/aromatic N) is 2. The van der Waals surface area contributed by atoms with Crippen molar-refractivity contribution >= 4 is 10.9 Å². The first kappa shape index (κ1) is 20.4. The number of hydrazine groups is 1. The number of fused-ring (bicyclic) bond motifs is 1. The molecule has 0 spiro atoms. The average molecular weight is 421 g/mol. The Morgan fingerprint density at radius 2 is 1.94 bits per heavy atom. The van der Waals surface area contributed by atoms with Gasteiger partial charge in [-0.3, -0.25) is 20.7 Å². The van der Waals surface area contributed by atoms with Gasteiger partial charge in [0.05, 0.1) is 12.1 Å². The fourth-order valence-electron chi connectivity index (χ4n) is 4.87. The van der Waals surface area contributed by atoms with Crippen molar-refractivity contribution in [3.05, 3.63) is 72.2 Å². The van der Waals surface area contributed by atoms with E-state index >= 15 is 0 Å². The Morgan fingerprint density at radius 1 is 1.06 bits per heavy atom. The lowest BCUT2D eigenvalue weighted by atomic mass is 9.94. The molecule has 0 amide bonds. The molecule has 3 atom stereocenters. The molecule has 0 aliphatic carbocycles. The number of aromatic nitrogens is 1. The van der Waals surface area contributed by atoms with Gasteiger partial charge in [-0.25, -0.2) is 4.39 Å². The molecule has 0 bridgehead atoms. The minimum atomic E-state index is -0.237. The largest absolute Gasteiger partial charge is 0.494 e. The third-order valence-corrected chi connectivity index (χ3v) is 6.57. The number of ether oxygens (including phenoxy) is 1. The maximum Gasteiger partial charge on any atom is 0.123 e. The SMILES string of the molecule is Fc1ccc(OCCC2CC(C3CCN(Cc4ccnc5ccccc45)C3)NN2)cc1. The number of para-hydroxylation sites is 1. The Labute approximate surface area is 182 Å². The van der Waals surface area contributed by atoms with Crippen molar-refractivity contribution in [1.82, 2.24) is 20.7 Å². The summed E-state index contributed by atoms with van der Waals surface area (Å²) in [5.41, 5.74) is 9.41. The van der Waals surface area contributed by atoms with Gasteiger partial charge in [0.2, 0.25) is 0 Å². The molecule has 2 saturated heterocycles. The number of pyridine rings is 1. The highest BCUT2D eigenvalue weighted by molar-refractivity contribution is 5.81. The van der Waals surface area contributed by atoms with Crippen LogP contribution in [0.1, 0.15) is 24.8 Å². The van der Waals surface area contributed by atoms with Crippen molar-refractivity contribution in [2.24, 2.45) is 5.92 Å². The fourth-order valence-corrected chi connectivity index (χ4v) is 4.87. The highest BCUT2D eigenvalue weighted by atomic mass is 19.1. The molecule has 2 aliphatic heterocycles. The molecule has 2 aliphatic rings. The lowest BCUT2D eigenvalue weighted by Crippen LogP contribution is -2.38. The van der Waals surface area contributed by atoms with Crippen molar-refractivity contribution in [3.63, 3.8) is 0 Å². The van der Waals surface area contributed by atoms with Crippen LogP contribution in [0.15, 0.2) is 60.8 Å². The van der Waals surface area contributed by atoms with Crippen molar-refractivity contribution in [3.8, 4) is 5.75 Å². The summed E-state index contributed by atoms with van der Waals surface area (Å²) in [4.78, 5) is 7.06. The highest BCUT2D eigenvalue weighted by Gasteiger charge is 2.34. The minimum absolute atomic E-state index is 0.237. The fraction of sp³-hybridized carbons (Fsp3) is 0.400. The van der Waals surface area contributed by atoms with Gasteiger partial charge in [0.25, 0.3) is 0 Å². The number of rotatable bonds is 7. The van der Waals surface area contributed by atoms with E-state index in [1.165, 1.54) is 29.5 Å². The van der Waals surface area contributed by atoms with E-state index in [2.05, 4.69) is 45.0 Å². The third kappa shape index (κ3) is 4.87. The summed E-state index contributed by atoms with van der Waals surface area (Å²) < 4.78 is 18.7. The molecule has 5 rings (SSSR count). The molecule has 31 heavy (non-hydrogen) atoms. The van der Waals surface area contributed by atoms with Gasteiger partial charge in [0, 0.05) is 36.8 Å². The summed E-state index contributed by atoms with van der Waals surface area (Å²) in [6.45, 7) is 3.87. The average Bonchev–Trinajstić information content (AvgIpc) is 3.45. The zero-order chi connectivity index (χ0) is 21.0. The highest BCUT2D eigenvalue weighted by Crippen LogP contribution is 2.27. The topological polar surface area (TPSA) is 49.4 Å². The molecule has 2 aromatic carbocycles. The molecule has 5 nitrogen and oxygen atoms in total. The third-order valence-electron chi connectivity index (χ3n) is 6.57. The van der Waals surface area contributed by atoms with E-state index in [9.17, 15) is 4.39 Å². The Balaban J connectivity index is 1.09. The summed E-state index contributed by atoms with van der Waals surface area (Å²) in [7, 11) is 0. The van der Waals surface area contributed by atoms with Crippen LogP contribution in [0.2, 0.25) is 0 Å². The molecule has 6 heteroatoms. The van der Waals surface area contributed by atoms with E-state index in [0.29, 0.717) is 24.6 Å². The predicted octanol–water partition coefficient (Wildman–Crippen LogP) is 3.90. The van der Waals surface area contributed by atoms with Crippen LogP contribution in [0.3, 0.4) is 0 Å². The normalized spacial score (nSPS) is 24.1. The zero-order valence-corrected chi connectivity index (χ0v) is 17.6. The van der Waals surface area contributed by atoms with Crippen LogP contribution in [0.25, 0.3) is 10.9 Å². The number of likely N-dealkylation sites (tertiary alicyclic amines) is 1. The van der Waals surface area contributed by atoms with Crippen LogP contribution >= 0.6 is 0 Å². The van der Waals surface area contributed by atoms with Crippen LogP contribution in [0.4, 0.5) is 4.39 Å². The summed E-state index contributed by atoms with van der Waals surface area (Å²) in [6, 6.07) is 17.7. The molecule has 2 fully saturated rings. The van der Waals surface area contributed by atoms with Crippen molar-refractivity contribution < 1.29 is 9.13 Å². The van der Waals surface area contributed by atoms with Crippen LogP contribution in [-0.4, -0.2) is 41.7 Å². The number of hydrogen-bond acceptors (Lipinski definition) is 5. The van der Waals surface area contributed by atoms with E-state index in [1.807, 2.05) is 12.3 Å². The first-order valence-corrected chi connectivity index (χ1v) is 11.2. The number of nitrogens with one attached hydrogen (secondary N) is 2. The Hall–Kier alpha value is -2.54. The lowest BCUT2D eigenvalue weighted by Gasteiger charge is -2.20. The lowest BCUT2D eigenvalue weighted by molar-refractivity contribution is 0.288. The Bertz CT molecular complexity index is 1010. The van der Waals surface area contributed by atoms with Crippen LogP contribution in [0.5, 0.6) is 5.75 Å². The van der Waals surface area contributed by atoms with Crippen molar-refractivity contribution in [2.45, 2.75) is 37.9 Å². The van der Waals surface area contributed by atoms with Crippen molar-refractivity contribution in [1.29, 1.82) is 0 Å². The quantitative estimate of drug-likeness (QED) is 0.607. The maximum absolute atomic E-state index is 13.0. The molecule has 1 aromatic heterocycles. The van der Waals surface area contributed by atoms with Crippen LogP contribution in [-0.2, 0) is 6.54 Å². The van der Waals surface area contributed by atoms with Gasteiger partial charge in [-0.05, 0) is 73.7 Å². The number of hydrogen-bond donors (Lipinski definition) is 2. The van der Waals surface area contributed by atoms with E-state index in [-0.39, 0.29) is 5.82 Å². The van der Waals surface area contributed by atoms with E-state index in [0.717, 1.165) is 43.7 Å². The van der Waals surface area contributed by atoms with Gasteiger partial charge in [-0.1, -0.05) is 18.2 Å². The monoisotopic (exact) mass is 420 g/mol. The first-order valence-electron chi connectivity index (χ1n) is 11.2. The second kappa shape index (κ2) is 9.30. The van der Waals surface area contributed by atoms with Gasteiger partial charge in [-0.2, -0.15) is 0 Å². The minimum Gasteiger partial charge on any atom is -0.494 e. The van der Waals surface area contributed by atoms with Gasteiger partial charge in [0.1, 0.15) is 11.6 Å². The van der Waals surface area contributed by atoms with Crippen LogP contribution in [0, 0.1) is 11.7 Å². The summed E-state index contributed by atoms with van der Waals surface area (Å²) >= 11 is 0. The van der Waals surface area contributed by atoms with Gasteiger partial charge >= 0.3 is 0 Å². The molecule has 3 aromatic rings. The number of halogens is 1. The molecule has 3 unspecified atom stereocenters. The van der Waals surface area contributed by atoms with E-state index in [1.54, 1.807) is 12.1 Å². The molecule has 0 saturated carbocycles. The zero-order valence-electron chi connectivity index (χ0n) is 17.6. The molecule has 2 N–H and O–H groups in total. The van der Waals surface area contributed by atoms with Crippen LogP contribution < -0.4 is 15.6 Å². The predicted molar refractivity (Wildman–Crippen MR) is 120 cm³/mol. The molecule has 162 valence electrons. The van der Waals surface area contributed by atoms with Gasteiger partial charge in [0.15, 0.2) is 0 Å². The summed E-state index contributed by atoms with van der Waals surface area (Å²) in [5, 5.41) is 1.26. The molecular formula is C25H29FN4O. The van der Waals surface area contributed by atoms with E-state index < -0.39 is 0 Å². The second-order valence-corrected chi connectivity index (χ2v) is 8.69. The Morgan fingerprint density at radius 3 is 2.84 bits per heavy atom. The maximum atomic E-state index is 13.0. The van der Waals surface area contributed by atoms with Crippen molar-refractivity contribution in [2.75, 3.05) is 19.7 Å². The molecular weight excluding hydrogens is 391 g/mol. The standard InChI is InChI=1S/C25H29FN4O/c26-20-5-7-22(8-6-20)31-14-11-21-15-25(29-28-21)19-10-13-30(17-19)16-18-9-12-27-24-4-2-1-3-23(18)24/h1-9,12,19,21,25,28-29H,10-11,13-17H2.